The van der Waals surface area contributed by atoms with Gasteiger partial charge < -0.3 is 24.4 Å². The van der Waals surface area contributed by atoms with E-state index >= 15 is 0 Å². The third kappa shape index (κ3) is 4.67. The number of hydrogen-bond donors (Lipinski definition) is 1. The Balaban J connectivity index is 1.38. The van der Waals surface area contributed by atoms with Gasteiger partial charge in [-0.25, -0.2) is 0 Å². The van der Waals surface area contributed by atoms with E-state index in [4.69, 9.17) is 14.2 Å². The Hall–Kier alpha value is -2.65. The highest BCUT2D eigenvalue weighted by Crippen LogP contribution is 2.36. The first-order valence-electron chi connectivity index (χ1n) is 10.8. The van der Waals surface area contributed by atoms with Crippen LogP contribution in [0, 0.1) is 0 Å². The molecule has 2 fully saturated rings. The van der Waals surface area contributed by atoms with Crippen molar-refractivity contribution in [3.63, 3.8) is 0 Å². The standard InChI is InChI=1S/C22H29N3O6/c1-14(24-5-7-25(8-6-24)22(28)18-4-3-9-29-18)21(27)23-17-13-20-19(30-10-11-31-20)12-16(17)15(2)26/h12-14,18H,3-11H2,1-2H3,(H,23,27)/t14?,18-/m1/s1. The molecule has 0 bridgehead atoms. The third-order valence-electron chi connectivity index (χ3n) is 6.08. The first-order valence-corrected chi connectivity index (χ1v) is 10.8. The van der Waals surface area contributed by atoms with E-state index in [-0.39, 0.29) is 23.7 Å². The fourth-order valence-corrected chi connectivity index (χ4v) is 4.19. The van der Waals surface area contributed by atoms with Gasteiger partial charge in [-0.15, -0.1) is 0 Å². The zero-order chi connectivity index (χ0) is 22.0. The van der Waals surface area contributed by atoms with E-state index < -0.39 is 6.04 Å². The average Bonchev–Trinajstić information content (AvgIpc) is 3.32. The second-order valence-electron chi connectivity index (χ2n) is 8.13. The maximum atomic E-state index is 12.9. The Bertz CT molecular complexity index is 859. The summed E-state index contributed by atoms with van der Waals surface area (Å²) in [6.07, 6.45) is 1.40. The van der Waals surface area contributed by atoms with Gasteiger partial charge in [0.1, 0.15) is 19.3 Å². The summed E-state index contributed by atoms with van der Waals surface area (Å²) in [5, 5.41) is 2.88. The van der Waals surface area contributed by atoms with E-state index in [9.17, 15) is 14.4 Å². The highest BCUT2D eigenvalue weighted by Gasteiger charge is 2.32. The Morgan fingerprint density at radius 2 is 1.71 bits per heavy atom. The fourth-order valence-electron chi connectivity index (χ4n) is 4.19. The molecule has 1 aromatic carbocycles. The minimum atomic E-state index is -0.409. The molecule has 1 N–H and O–H groups in total. The average molecular weight is 431 g/mol. The van der Waals surface area contributed by atoms with Crippen molar-refractivity contribution in [2.75, 3.05) is 51.3 Å². The molecular weight excluding hydrogens is 402 g/mol. The quantitative estimate of drug-likeness (QED) is 0.702. The topological polar surface area (TPSA) is 97.4 Å². The predicted molar refractivity (Wildman–Crippen MR) is 113 cm³/mol. The minimum absolute atomic E-state index is 0.0524. The maximum absolute atomic E-state index is 12.9. The summed E-state index contributed by atoms with van der Waals surface area (Å²) in [7, 11) is 0. The van der Waals surface area contributed by atoms with Crippen LogP contribution >= 0.6 is 0 Å². The molecular formula is C22H29N3O6. The number of piperazine rings is 1. The summed E-state index contributed by atoms with van der Waals surface area (Å²) < 4.78 is 16.6. The van der Waals surface area contributed by atoms with Crippen LogP contribution in [0.1, 0.15) is 37.0 Å². The Morgan fingerprint density at radius 1 is 1.03 bits per heavy atom. The number of fused-ring (bicyclic) bond motifs is 1. The SMILES string of the molecule is CC(=O)c1cc2c(cc1NC(=O)C(C)N1CCN(C(=O)[C@H]3CCCO3)CC1)OCCO2. The van der Waals surface area contributed by atoms with E-state index in [1.54, 1.807) is 12.1 Å². The van der Waals surface area contributed by atoms with Gasteiger partial charge >= 0.3 is 0 Å². The van der Waals surface area contributed by atoms with Crippen molar-refractivity contribution in [1.82, 2.24) is 9.80 Å². The first kappa shape index (κ1) is 21.6. The van der Waals surface area contributed by atoms with E-state index in [1.165, 1.54) is 6.92 Å². The van der Waals surface area contributed by atoms with Crippen molar-refractivity contribution in [1.29, 1.82) is 0 Å². The van der Waals surface area contributed by atoms with Gasteiger partial charge in [0, 0.05) is 44.4 Å². The lowest BCUT2D eigenvalue weighted by atomic mass is 10.1. The zero-order valence-electron chi connectivity index (χ0n) is 18.0. The number of nitrogens with one attached hydrogen (secondary N) is 1. The van der Waals surface area contributed by atoms with Crippen LogP contribution in [0.15, 0.2) is 12.1 Å². The Kier molecular flexibility index (Phi) is 6.43. The molecule has 0 aliphatic carbocycles. The van der Waals surface area contributed by atoms with E-state index in [0.717, 1.165) is 12.8 Å². The molecule has 0 saturated carbocycles. The number of carbonyl (C=O) groups is 3. The van der Waals surface area contributed by atoms with Crippen LogP contribution in [0.25, 0.3) is 0 Å². The van der Waals surface area contributed by atoms with Crippen LogP contribution in [0.3, 0.4) is 0 Å². The third-order valence-corrected chi connectivity index (χ3v) is 6.08. The molecule has 3 aliphatic heterocycles. The van der Waals surface area contributed by atoms with Gasteiger partial charge in [-0.2, -0.15) is 0 Å². The second kappa shape index (κ2) is 9.23. The number of nitrogens with zero attached hydrogens (tertiary/aromatic N) is 2. The highest BCUT2D eigenvalue weighted by atomic mass is 16.6. The summed E-state index contributed by atoms with van der Waals surface area (Å²) in [6, 6.07) is 2.86. The molecule has 2 amide bonds. The van der Waals surface area contributed by atoms with Crippen LogP contribution in [-0.4, -0.2) is 85.5 Å². The normalized spacial score (nSPS) is 22.1. The van der Waals surface area contributed by atoms with Gasteiger partial charge in [-0.1, -0.05) is 0 Å². The van der Waals surface area contributed by atoms with Crippen molar-refractivity contribution >= 4 is 23.3 Å². The smallest absolute Gasteiger partial charge is 0.251 e. The summed E-state index contributed by atoms with van der Waals surface area (Å²) in [5.41, 5.74) is 0.803. The van der Waals surface area contributed by atoms with Crippen molar-refractivity contribution < 1.29 is 28.6 Å². The van der Waals surface area contributed by atoms with Crippen LogP contribution in [0.4, 0.5) is 5.69 Å². The number of amides is 2. The van der Waals surface area contributed by atoms with Gasteiger partial charge in [0.05, 0.1) is 11.7 Å². The van der Waals surface area contributed by atoms with E-state index in [1.807, 2.05) is 16.7 Å². The number of ketones is 1. The fraction of sp³-hybridized carbons (Fsp3) is 0.591. The molecule has 0 spiro atoms. The van der Waals surface area contributed by atoms with Crippen LogP contribution in [-0.2, 0) is 14.3 Å². The number of rotatable bonds is 5. The number of ether oxygens (including phenoxy) is 3. The lowest BCUT2D eigenvalue weighted by Crippen LogP contribution is -2.55. The van der Waals surface area contributed by atoms with Crippen molar-refractivity contribution in [3.8, 4) is 11.5 Å². The molecule has 9 nitrogen and oxygen atoms in total. The number of benzene rings is 1. The molecule has 1 unspecified atom stereocenters. The molecule has 2 saturated heterocycles. The minimum Gasteiger partial charge on any atom is -0.486 e. The molecule has 168 valence electrons. The summed E-state index contributed by atoms with van der Waals surface area (Å²) in [6.45, 7) is 7.13. The van der Waals surface area contributed by atoms with Crippen LogP contribution in [0.2, 0.25) is 0 Å². The molecule has 1 aromatic rings. The molecule has 3 heterocycles. The summed E-state index contributed by atoms with van der Waals surface area (Å²) in [5.74, 6) is 0.700. The lowest BCUT2D eigenvalue weighted by molar-refractivity contribution is -0.143. The van der Waals surface area contributed by atoms with Gasteiger partial charge in [-0.3, -0.25) is 19.3 Å². The lowest BCUT2D eigenvalue weighted by Gasteiger charge is -2.38. The van der Waals surface area contributed by atoms with Gasteiger partial charge in [0.2, 0.25) is 5.91 Å². The molecule has 3 aliphatic rings. The van der Waals surface area contributed by atoms with E-state index in [0.29, 0.717) is 68.7 Å². The van der Waals surface area contributed by atoms with Crippen molar-refractivity contribution in [2.24, 2.45) is 0 Å². The van der Waals surface area contributed by atoms with Gasteiger partial charge in [0.15, 0.2) is 17.3 Å². The first-order chi connectivity index (χ1) is 14.9. The molecule has 9 heteroatoms. The molecule has 31 heavy (non-hydrogen) atoms. The summed E-state index contributed by atoms with van der Waals surface area (Å²) >= 11 is 0. The van der Waals surface area contributed by atoms with Crippen molar-refractivity contribution in [2.45, 2.75) is 38.8 Å². The number of Topliss-reactive ketones (excluding diaryl/α,β-unsaturated/α-hetero) is 1. The van der Waals surface area contributed by atoms with Crippen molar-refractivity contribution in [3.05, 3.63) is 17.7 Å². The van der Waals surface area contributed by atoms with Gasteiger partial charge in [0.25, 0.3) is 5.91 Å². The number of hydrogen-bond acceptors (Lipinski definition) is 7. The van der Waals surface area contributed by atoms with Crippen LogP contribution < -0.4 is 14.8 Å². The Morgan fingerprint density at radius 3 is 2.32 bits per heavy atom. The number of anilines is 1. The largest absolute Gasteiger partial charge is 0.486 e. The molecule has 4 rings (SSSR count). The number of carbonyl (C=O) groups excluding carboxylic acids is 3. The molecule has 0 aromatic heterocycles. The Labute approximate surface area is 181 Å². The molecule has 2 atom stereocenters. The second-order valence-corrected chi connectivity index (χ2v) is 8.13. The summed E-state index contributed by atoms with van der Waals surface area (Å²) in [4.78, 5) is 41.4. The maximum Gasteiger partial charge on any atom is 0.251 e. The highest BCUT2D eigenvalue weighted by molar-refractivity contribution is 6.05. The predicted octanol–water partition coefficient (Wildman–Crippen LogP) is 1.31. The van der Waals surface area contributed by atoms with Crippen LogP contribution in [0.5, 0.6) is 11.5 Å². The monoisotopic (exact) mass is 431 g/mol. The zero-order valence-corrected chi connectivity index (χ0v) is 18.0. The van der Waals surface area contributed by atoms with E-state index in [2.05, 4.69) is 5.32 Å². The van der Waals surface area contributed by atoms with Gasteiger partial charge in [-0.05, 0) is 32.8 Å². The molecule has 0 radical (unpaired) electrons.